The van der Waals surface area contributed by atoms with Crippen molar-refractivity contribution >= 4 is 5.91 Å². The van der Waals surface area contributed by atoms with Crippen LogP contribution >= 0.6 is 0 Å². The highest BCUT2D eigenvalue weighted by atomic mass is 16.2. The predicted molar refractivity (Wildman–Crippen MR) is 98.5 cm³/mol. The number of aromatic amines is 1. The van der Waals surface area contributed by atoms with E-state index in [1.807, 2.05) is 50.2 Å². The van der Waals surface area contributed by atoms with Crippen molar-refractivity contribution in [3.05, 3.63) is 69.8 Å². The molecule has 3 aromatic rings. The summed E-state index contributed by atoms with van der Waals surface area (Å²) in [6.07, 6.45) is 0. The summed E-state index contributed by atoms with van der Waals surface area (Å²) in [5.41, 5.74) is 3.94. The number of hydrogen-bond donors (Lipinski definition) is 1. The van der Waals surface area contributed by atoms with E-state index in [9.17, 15) is 9.59 Å². The minimum absolute atomic E-state index is 0.0872. The quantitative estimate of drug-likeness (QED) is 0.761. The van der Waals surface area contributed by atoms with E-state index in [4.69, 9.17) is 0 Å². The van der Waals surface area contributed by atoms with E-state index >= 15 is 0 Å². The fraction of sp³-hybridized carbons (Fsp3) is 0.263. The van der Waals surface area contributed by atoms with Crippen LogP contribution in [0.3, 0.4) is 0 Å². The Morgan fingerprint density at radius 2 is 1.92 bits per heavy atom. The molecule has 0 fully saturated rings. The summed E-state index contributed by atoms with van der Waals surface area (Å²) in [5, 5.41) is 11.4. The summed E-state index contributed by atoms with van der Waals surface area (Å²) < 4.78 is 1.20. The lowest BCUT2D eigenvalue weighted by Gasteiger charge is -2.16. The van der Waals surface area contributed by atoms with Crippen LogP contribution in [-0.2, 0) is 17.9 Å². The Morgan fingerprint density at radius 3 is 2.65 bits per heavy atom. The van der Waals surface area contributed by atoms with Crippen LogP contribution < -0.4 is 5.56 Å². The largest absolute Gasteiger partial charge is 0.338 e. The monoisotopic (exact) mass is 351 g/mol. The van der Waals surface area contributed by atoms with Gasteiger partial charge >= 0.3 is 0 Å². The lowest BCUT2D eigenvalue weighted by molar-refractivity contribution is -0.131. The highest BCUT2D eigenvalue weighted by molar-refractivity contribution is 5.75. The van der Waals surface area contributed by atoms with Crippen LogP contribution in [0.2, 0.25) is 0 Å². The number of benzene rings is 1. The Morgan fingerprint density at radius 1 is 1.19 bits per heavy atom. The lowest BCUT2D eigenvalue weighted by atomic mass is 10.1. The van der Waals surface area contributed by atoms with Crippen LogP contribution in [-0.4, -0.2) is 37.8 Å². The molecule has 0 atom stereocenters. The van der Waals surface area contributed by atoms with Crippen molar-refractivity contribution in [2.24, 2.45) is 0 Å². The molecule has 0 aliphatic heterocycles. The molecule has 1 aromatic carbocycles. The predicted octanol–water partition coefficient (Wildman–Crippen LogP) is 1.91. The average molecular weight is 351 g/mol. The van der Waals surface area contributed by atoms with Gasteiger partial charge in [-0.25, -0.2) is 4.68 Å². The molecule has 0 bridgehead atoms. The second-order valence-electron chi connectivity index (χ2n) is 6.30. The maximum Gasteiger partial charge on any atom is 0.267 e. The number of hydrogen-bond acceptors (Lipinski definition) is 4. The van der Waals surface area contributed by atoms with Crippen LogP contribution in [0.1, 0.15) is 17.0 Å². The van der Waals surface area contributed by atoms with Gasteiger partial charge in [-0.3, -0.25) is 14.7 Å². The second kappa shape index (κ2) is 7.35. The van der Waals surface area contributed by atoms with Crippen molar-refractivity contribution in [3.8, 4) is 11.3 Å². The molecule has 134 valence electrons. The first-order chi connectivity index (χ1) is 12.4. The van der Waals surface area contributed by atoms with Gasteiger partial charge in [0.05, 0.1) is 23.6 Å². The summed E-state index contributed by atoms with van der Waals surface area (Å²) in [5.74, 6) is -0.196. The van der Waals surface area contributed by atoms with E-state index in [0.29, 0.717) is 6.54 Å². The Labute approximate surface area is 151 Å². The number of carbonyl (C=O) groups excluding carboxylic acids is 1. The molecular formula is C19H21N5O2. The van der Waals surface area contributed by atoms with Gasteiger partial charge in [-0.2, -0.15) is 10.2 Å². The van der Waals surface area contributed by atoms with Crippen LogP contribution in [0.25, 0.3) is 11.3 Å². The van der Waals surface area contributed by atoms with E-state index in [0.717, 1.165) is 28.2 Å². The van der Waals surface area contributed by atoms with Crippen molar-refractivity contribution in [2.45, 2.75) is 26.9 Å². The highest BCUT2D eigenvalue weighted by Crippen LogP contribution is 2.17. The number of nitrogens with zero attached hydrogens (tertiary/aromatic N) is 4. The third kappa shape index (κ3) is 3.88. The lowest BCUT2D eigenvalue weighted by Crippen LogP contribution is -2.35. The molecule has 2 heterocycles. The molecule has 0 saturated heterocycles. The number of aromatic nitrogens is 4. The first-order valence-electron chi connectivity index (χ1n) is 8.33. The zero-order valence-electron chi connectivity index (χ0n) is 15.1. The topological polar surface area (TPSA) is 83.9 Å². The maximum atomic E-state index is 12.4. The molecule has 0 unspecified atom stereocenters. The minimum atomic E-state index is -0.275. The SMILES string of the molecule is Cc1cc(=O)n(CC(=O)N(C)Cc2cc(-c3ccccc3)n[nH]2)nc1C. The van der Waals surface area contributed by atoms with Crippen molar-refractivity contribution < 1.29 is 4.79 Å². The summed E-state index contributed by atoms with van der Waals surface area (Å²) in [4.78, 5) is 26.0. The molecule has 0 spiro atoms. The standard InChI is InChI=1S/C19H21N5O2/c1-13-9-18(25)24(22-14(13)2)12-19(26)23(3)11-16-10-17(21-20-16)15-7-5-4-6-8-15/h4-10H,11-12H2,1-3H3,(H,20,21). The van der Waals surface area contributed by atoms with Gasteiger partial charge in [0.25, 0.3) is 5.56 Å². The third-order valence-corrected chi connectivity index (χ3v) is 4.25. The molecule has 0 aliphatic carbocycles. The molecule has 26 heavy (non-hydrogen) atoms. The van der Waals surface area contributed by atoms with Crippen molar-refractivity contribution in [1.29, 1.82) is 0 Å². The minimum Gasteiger partial charge on any atom is -0.338 e. The summed E-state index contributed by atoms with van der Waals surface area (Å²) in [6.45, 7) is 3.92. The zero-order chi connectivity index (χ0) is 18.7. The van der Waals surface area contributed by atoms with Crippen LogP contribution in [0.4, 0.5) is 0 Å². The summed E-state index contributed by atoms with van der Waals surface area (Å²) in [7, 11) is 1.69. The van der Waals surface area contributed by atoms with Gasteiger partial charge in [0, 0.05) is 18.7 Å². The van der Waals surface area contributed by atoms with E-state index < -0.39 is 0 Å². The van der Waals surface area contributed by atoms with Crippen molar-refractivity contribution in [1.82, 2.24) is 24.9 Å². The maximum absolute atomic E-state index is 12.4. The van der Waals surface area contributed by atoms with Gasteiger partial charge in [0.1, 0.15) is 6.54 Å². The molecule has 1 N–H and O–H groups in total. The summed E-state index contributed by atoms with van der Waals surface area (Å²) >= 11 is 0. The van der Waals surface area contributed by atoms with Gasteiger partial charge in [-0.05, 0) is 25.5 Å². The second-order valence-corrected chi connectivity index (χ2v) is 6.30. The molecule has 2 aromatic heterocycles. The molecule has 0 saturated carbocycles. The van der Waals surface area contributed by atoms with E-state index in [1.54, 1.807) is 11.9 Å². The van der Waals surface area contributed by atoms with Crippen molar-refractivity contribution in [3.63, 3.8) is 0 Å². The summed E-state index contributed by atoms with van der Waals surface area (Å²) in [6, 6.07) is 13.2. The van der Waals surface area contributed by atoms with Gasteiger partial charge in [-0.15, -0.1) is 0 Å². The van der Waals surface area contributed by atoms with Gasteiger partial charge in [0.2, 0.25) is 5.91 Å². The number of nitrogens with one attached hydrogen (secondary N) is 1. The Bertz CT molecular complexity index is 975. The number of rotatable bonds is 5. The van der Waals surface area contributed by atoms with Crippen LogP contribution in [0.5, 0.6) is 0 Å². The van der Waals surface area contributed by atoms with E-state index in [2.05, 4.69) is 15.3 Å². The normalized spacial score (nSPS) is 10.7. The highest BCUT2D eigenvalue weighted by Gasteiger charge is 2.14. The molecule has 0 radical (unpaired) electrons. The van der Waals surface area contributed by atoms with Gasteiger partial charge < -0.3 is 4.90 Å². The number of likely N-dealkylation sites (N-methyl/N-ethyl adjacent to an activating group) is 1. The zero-order valence-corrected chi connectivity index (χ0v) is 15.1. The molecule has 0 aliphatic rings. The van der Waals surface area contributed by atoms with Crippen molar-refractivity contribution in [2.75, 3.05) is 7.05 Å². The molecule has 7 heteroatoms. The molecule has 7 nitrogen and oxygen atoms in total. The average Bonchev–Trinajstić information content (AvgIpc) is 3.09. The first kappa shape index (κ1) is 17.6. The fourth-order valence-corrected chi connectivity index (χ4v) is 2.58. The Balaban J connectivity index is 1.68. The number of carbonyl (C=O) groups is 1. The number of aryl methyl sites for hydroxylation is 2. The van der Waals surface area contributed by atoms with Crippen LogP contribution in [0, 0.1) is 13.8 Å². The number of amides is 1. The smallest absolute Gasteiger partial charge is 0.267 e. The molecule has 1 amide bonds. The number of H-pyrrole nitrogens is 1. The Kier molecular flexibility index (Phi) is 4.97. The van der Waals surface area contributed by atoms with E-state index in [1.165, 1.54) is 10.7 Å². The van der Waals surface area contributed by atoms with Crippen LogP contribution in [0.15, 0.2) is 47.3 Å². The fourth-order valence-electron chi connectivity index (χ4n) is 2.58. The van der Waals surface area contributed by atoms with Gasteiger partial charge in [0.15, 0.2) is 0 Å². The van der Waals surface area contributed by atoms with Gasteiger partial charge in [-0.1, -0.05) is 30.3 Å². The first-order valence-corrected chi connectivity index (χ1v) is 8.33. The van der Waals surface area contributed by atoms with E-state index in [-0.39, 0.29) is 18.0 Å². The molecule has 3 rings (SSSR count). The Hall–Kier alpha value is -3.22. The third-order valence-electron chi connectivity index (χ3n) is 4.25. The molecular weight excluding hydrogens is 330 g/mol.